The molecule has 0 spiro atoms. The maximum Gasteiger partial charge on any atom is 0.260 e. The minimum absolute atomic E-state index is 0.0527. The van der Waals surface area contributed by atoms with Crippen LogP contribution in [0.5, 0.6) is 0 Å². The van der Waals surface area contributed by atoms with Gasteiger partial charge in [-0.25, -0.2) is 4.98 Å². The lowest BCUT2D eigenvalue weighted by Gasteiger charge is -2.11. The van der Waals surface area contributed by atoms with Crippen molar-refractivity contribution >= 4 is 32.6 Å². The number of nitrogens with zero attached hydrogens (tertiary/aromatic N) is 6. The Balaban J connectivity index is 1.44. The largest absolute Gasteiger partial charge is 0.302 e. The number of aryl methyl sites for hydroxylation is 1. The fourth-order valence-electron chi connectivity index (χ4n) is 4.53. The van der Waals surface area contributed by atoms with Crippen LogP contribution in [-0.2, 0) is 19.9 Å². The van der Waals surface area contributed by atoms with Crippen LogP contribution in [-0.4, -0.2) is 29.9 Å². The highest BCUT2D eigenvalue weighted by Gasteiger charge is 2.13. The van der Waals surface area contributed by atoms with Crippen LogP contribution in [0.3, 0.4) is 0 Å². The molecule has 0 saturated carbocycles. The lowest BCUT2D eigenvalue weighted by molar-refractivity contribution is 0.841. The van der Waals surface area contributed by atoms with E-state index in [4.69, 9.17) is 0 Å². The third kappa shape index (κ3) is 3.38. The number of hydrogen-bond acceptors (Lipinski definition) is 6. The first-order valence-electron chi connectivity index (χ1n) is 11.0. The number of fused-ring (bicyclic) bond motifs is 3. The molecule has 34 heavy (non-hydrogen) atoms. The summed E-state index contributed by atoms with van der Waals surface area (Å²) in [5.74, 6) is 0. The van der Waals surface area contributed by atoms with Crippen molar-refractivity contribution in [3.05, 3.63) is 112 Å². The maximum atomic E-state index is 12.5. The molecule has 0 aliphatic carbocycles. The van der Waals surface area contributed by atoms with Crippen LogP contribution in [0.4, 0.5) is 0 Å². The van der Waals surface area contributed by atoms with Crippen LogP contribution in [0.25, 0.3) is 32.6 Å². The van der Waals surface area contributed by atoms with E-state index in [-0.39, 0.29) is 5.56 Å². The molecule has 6 rings (SSSR count). The second-order valence-electron chi connectivity index (χ2n) is 8.39. The number of benzene rings is 3. The van der Waals surface area contributed by atoms with Gasteiger partial charge in [0.05, 0.1) is 40.8 Å². The zero-order chi connectivity index (χ0) is 23.1. The van der Waals surface area contributed by atoms with Gasteiger partial charge in [0, 0.05) is 36.0 Å². The average Bonchev–Trinajstić information content (AvgIpc) is 2.87. The Morgan fingerprint density at radius 3 is 2.32 bits per heavy atom. The van der Waals surface area contributed by atoms with E-state index in [0.29, 0.717) is 18.2 Å². The summed E-state index contributed by atoms with van der Waals surface area (Å²) < 4.78 is 1.50. The lowest BCUT2D eigenvalue weighted by Crippen LogP contribution is -2.17. The lowest BCUT2D eigenvalue weighted by atomic mass is 9.97. The summed E-state index contributed by atoms with van der Waals surface area (Å²) in [7, 11) is 1.71. The molecule has 0 bridgehead atoms. The van der Waals surface area contributed by atoms with Gasteiger partial charge in [0.2, 0.25) is 0 Å². The van der Waals surface area contributed by atoms with Crippen molar-refractivity contribution in [3.8, 4) is 0 Å². The minimum Gasteiger partial charge on any atom is -0.302 e. The Morgan fingerprint density at radius 1 is 0.706 bits per heavy atom. The van der Waals surface area contributed by atoms with Gasteiger partial charge in [0.1, 0.15) is 0 Å². The van der Waals surface area contributed by atoms with Crippen LogP contribution in [0, 0.1) is 0 Å². The highest BCUT2D eigenvalue weighted by Crippen LogP contribution is 2.26. The fraction of sp³-hybridized carbons (Fsp3) is 0.111. The third-order valence-electron chi connectivity index (χ3n) is 6.25. The van der Waals surface area contributed by atoms with Crippen molar-refractivity contribution in [2.75, 3.05) is 0 Å². The number of para-hydroxylation sites is 1. The highest BCUT2D eigenvalue weighted by molar-refractivity contribution is 5.88. The molecular formula is C27H20N6O. The molecule has 0 radical (unpaired) electrons. The number of hydrogen-bond donors (Lipinski definition) is 0. The van der Waals surface area contributed by atoms with Gasteiger partial charge in [0.25, 0.3) is 5.56 Å². The summed E-state index contributed by atoms with van der Waals surface area (Å²) in [5, 5.41) is 21.2. The molecule has 164 valence electrons. The Morgan fingerprint density at radius 2 is 1.44 bits per heavy atom. The van der Waals surface area contributed by atoms with E-state index in [1.54, 1.807) is 25.8 Å². The summed E-state index contributed by atoms with van der Waals surface area (Å²) in [6.45, 7) is 0. The summed E-state index contributed by atoms with van der Waals surface area (Å²) in [5.41, 5.74) is 5.48. The monoisotopic (exact) mass is 444 g/mol. The van der Waals surface area contributed by atoms with Crippen molar-refractivity contribution in [3.63, 3.8) is 0 Å². The molecular weight excluding hydrogens is 424 g/mol. The van der Waals surface area contributed by atoms with E-state index in [0.717, 1.165) is 49.6 Å². The van der Waals surface area contributed by atoms with E-state index < -0.39 is 0 Å². The SMILES string of the molecule is Cn1cnc2c(Cc3cnnc4c(Cc5nncc6ccccc56)cccc34)cccc2c1=O. The first-order valence-corrected chi connectivity index (χ1v) is 11.0. The van der Waals surface area contributed by atoms with Crippen molar-refractivity contribution in [1.29, 1.82) is 0 Å². The van der Waals surface area contributed by atoms with Gasteiger partial charge in [-0.15, -0.1) is 0 Å². The third-order valence-corrected chi connectivity index (χ3v) is 6.25. The molecule has 0 saturated heterocycles. The Bertz CT molecular complexity index is 1750. The van der Waals surface area contributed by atoms with Crippen molar-refractivity contribution < 1.29 is 0 Å². The van der Waals surface area contributed by atoms with E-state index in [1.807, 2.05) is 42.5 Å². The van der Waals surface area contributed by atoms with Crippen LogP contribution in [0.15, 0.2) is 84.2 Å². The van der Waals surface area contributed by atoms with E-state index in [2.05, 4.69) is 43.6 Å². The molecule has 0 fully saturated rings. The zero-order valence-electron chi connectivity index (χ0n) is 18.5. The normalized spacial score (nSPS) is 11.4. The fourth-order valence-corrected chi connectivity index (χ4v) is 4.53. The van der Waals surface area contributed by atoms with Crippen LogP contribution >= 0.6 is 0 Å². The topological polar surface area (TPSA) is 86.4 Å². The number of rotatable bonds is 4. The molecule has 0 aliphatic rings. The summed E-state index contributed by atoms with van der Waals surface area (Å²) in [4.78, 5) is 17.1. The molecule has 3 aromatic carbocycles. The van der Waals surface area contributed by atoms with Gasteiger partial charge in [-0.05, 0) is 22.8 Å². The average molecular weight is 444 g/mol. The van der Waals surface area contributed by atoms with Gasteiger partial charge in [-0.1, -0.05) is 54.6 Å². The van der Waals surface area contributed by atoms with Crippen LogP contribution in [0.2, 0.25) is 0 Å². The first-order chi connectivity index (χ1) is 16.7. The molecule has 0 amide bonds. The highest BCUT2D eigenvalue weighted by atomic mass is 16.1. The Hall–Kier alpha value is -4.52. The summed E-state index contributed by atoms with van der Waals surface area (Å²) >= 11 is 0. The molecule has 0 unspecified atom stereocenters. The second kappa shape index (κ2) is 8.12. The van der Waals surface area contributed by atoms with Crippen molar-refractivity contribution in [1.82, 2.24) is 29.9 Å². The predicted molar refractivity (Wildman–Crippen MR) is 132 cm³/mol. The smallest absolute Gasteiger partial charge is 0.260 e. The molecule has 0 N–H and O–H groups in total. The van der Waals surface area contributed by atoms with Crippen LogP contribution in [0.1, 0.15) is 22.4 Å². The second-order valence-corrected chi connectivity index (χ2v) is 8.39. The minimum atomic E-state index is -0.0527. The molecule has 6 aromatic rings. The first kappa shape index (κ1) is 20.1. The van der Waals surface area contributed by atoms with Gasteiger partial charge in [-0.3, -0.25) is 4.79 Å². The Labute approximate surface area is 194 Å². The number of aromatic nitrogens is 6. The van der Waals surface area contributed by atoms with E-state index >= 15 is 0 Å². The molecule has 3 heterocycles. The standard InChI is InChI=1S/C27H20N6O/c1-33-16-28-25-17(7-5-11-23(25)27(33)34)12-20-15-30-32-26-18(8-4-10-22(20)26)13-24-21-9-3-2-6-19(21)14-29-31-24/h2-11,14-16H,12-13H2,1H3. The van der Waals surface area contributed by atoms with Gasteiger partial charge in [0.15, 0.2) is 0 Å². The molecule has 0 atom stereocenters. The Kier molecular flexibility index (Phi) is 4.80. The predicted octanol–water partition coefficient (Wildman–Crippen LogP) is 4.00. The molecule has 7 nitrogen and oxygen atoms in total. The van der Waals surface area contributed by atoms with E-state index in [1.165, 1.54) is 4.57 Å². The van der Waals surface area contributed by atoms with Gasteiger partial charge < -0.3 is 4.57 Å². The van der Waals surface area contributed by atoms with Gasteiger partial charge in [-0.2, -0.15) is 20.4 Å². The molecule has 7 heteroatoms. The van der Waals surface area contributed by atoms with E-state index in [9.17, 15) is 4.79 Å². The summed E-state index contributed by atoms with van der Waals surface area (Å²) in [6.07, 6.45) is 6.35. The maximum absolute atomic E-state index is 12.5. The molecule has 0 aliphatic heterocycles. The van der Waals surface area contributed by atoms with Crippen molar-refractivity contribution in [2.24, 2.45) is 7.05 Å². The summed E-state index contributed by atoms with van der Waals surface area (Å²) in [6, 6.07) is 20.0. The zero-order valence-corrected chi connectivity index (χ0v) is 18.5. The van der Waals surface area contributed by atoms with Crippen LogP contribution < -0.4 is 5.56 Å². The molecule has 3 aromatic heterocycles. The van der Waals surface area contributed by atoms with Crippen molar-refractivity contribution in [2.45, 2.75) is 12.8 Å². The van der Waals surface area contributed by atoms with Gasteiger partial charge >= 0.3 is 0 Å². The quantitative estimate of drug-likeness (QED) is 0.409.